The van der Waals surface area contributed by atoms with E-state index in [1.165, 1.54) is 6.26 Å². The zero-order valence-corrected chi connectivity index (χ0v) is 8.89. The van der Waals surface area contributed by atoms with Crippen molar-refractivity contribution in [2.45, 2.75) is 6.92 Å². The van der Waals surface area contributed by atoms with Gasteiger partial charge in [-0.3, -0.25) is 4.68 Å². The Morgan fingerprint density at radius 2 is 2.25 bits per heavy atom. The molecule has 0 spiro atoms. The molecular formula is C10H10N4O2. The van der Waals surface area contributed by atoms with E-state index >= 15 is 0 Å². The summed E-state index contributed by atoms with van der Waals surface area (Å²) in [5, 5.41) is 4.13. The summed E-state index contributed by atoms with van der Waals surface area (Å²) in [7, 11) is 1.87. The summed E-state index contributed by atoms with van der Waals surface area (Å²) in [5.41, 5.74) is 8.54. The molecule has 0 aliphatic heterocycles. The van der Waals surface area contributed by atoms with Gasteiger partial charge >= 0.3 is 0 Å². The number of fused-ring (bicyclic) bond motifs is 1. The highest BCUT2D eigenvalue weighted by Crippen LogP contribution is 2.30. The molecule has 3 aromatic rings. The molecule has 0 bridgehead atoms. The Labute approximate surface area is 90.7 Å². The molecule has 0 atom stereocenters. The number of hydrogen-bond donors (Lipinski definition) is 1. The molecule has 0 aromatic carbocycles. The van der Waals surface area contributed by atoms with Crippen LogP contribution in [0.2, 0.25) is 0 Å². The molecule has 0 saturated carbocycles. The lowest BCUT2D eigenvalue weighted by Gasteiger charge is -1.94. The van der Waals surface area contributed by atoms with E-state index < -0.39 is 0 Å². The number of nitrogen functional groups attached to an aromatic ring is 1. The van der Waals surface area contributed by atoms with Gasteiger partial charge in [-0.1, -0.05) is 0 Å². The van der Waals surface area contributed by atoms with Crippen LogP contribution in [0.15, 0.2) is 21.3 Å². The second kappa shape index (κ2) is 2.88. The maximum atomic E-state index is 5.59. The second-order valence-corrected chi connectivity index (χ2v) is 3.60. The van der Waals surface area contributed by atoms with Crippen LogP contribution >= 0.6 is 0 Å². The lowest BCUT2D eigenvalue weighted by Crippen LogP contribution is -1.92. The van der Waals surface area contributed by atoms with Crippen LogP contribution in [0, 0.1) is 6.92 Å². The molecule has 3 heterocycles. The van der Waals surface area contributed by atoms with Crippen LogP contribution in [0.25, 0.3) is 22.6 Å². The molecule has 0 unspecified atom stereocenters. The third-order valence-corrected chi connectivity index (χ3v) is 2.64. The first-order valence-electron chi connectivity index (χ1n) is 4.79. The van der Waals surface area contributed by atoms with Crippen LogP contribution < -0.4 is 5.73 Å². The first kappa shape index (κ1) is 9.02. The second-order valence-electron chi connectivity index (χ2n) is 3.60. The minimum atomic E-state index is 0.246. The highest BCUT2D eigenvalue weighted by molar-refractivity contribution is 5.83. The highest BCUT2D eigenvalue weighted by Gasteiger charge is 2.16. The van der Waals surface area contributed by atoms with E-state index in [4.69, 9.17) is 14.6 Å². The lowest BCUT2D eigenvalue weighted by atomic mass is 10.3. The monoisotopic (exact) mass is 218 g/mol. The van der Waals surface area contributed by atoms with Crippen molar-refractivity contribution >= 4 is 17.0 Å². The maximum Gasteiger partial charge on any atom is 0.236 e. The number of hydrogen-bond acceptors (Lipinski definition) is 5. The number of aryl methyl sites for hydroxylation is 1. The predicted octanol–water partition coefficient (Wildman–Crippen LogP) is 1.71. The molecule has 0 saturated heterocycles. The van der Waals surface area contributed by atoms with E-state index in [9.17, 15) is 0 Å². The SMILES string of the molecule is Cc1c(-c2nc3coc(N)c3o2)cnn1C. The van der Waals surface area contributed by atoms with E-state index in [1.807, 2.05) is 14.0 Å². The van der Waals surface area contributed by atoms with Gasteiger partial charge in [-0.15, -0.1) is 0 Å². The van der Waals surface area contributed by atoms with Crippen molar-refractivity contribution in [3.8, 4) is 11.5 Å². The van der Waals surface area contributed by atoms with Crippen molar-refractivity contribution in [1.29, 1.82) is 0 Å². The fraction of sp³-hybridized carbons (Fsp3) is 0.200. The number of oxazole rings is 1. The average Bonchev–Trinajstić information content (AvgIpc) is 2.88. The summed E-state index contributed by atoms with van der Waals surface area (Å²) >= 11 is 0. The normalized spacial score (nSPS) is 11.4. The van der Waals surface area contributed by atoms with Crippen molar-refractivity contribution < 1.29 is 8.83 Å². The van der Waals surface area contributed by atoms with Crippen molar-refractivity contribution in [2.75, 3.05) is 5.73 Å². The molecule has 3 aromatic heterocycles. The van der Waals surface area contributed by atoms with Crippen LogP contribution in [0.4, 0.5) is 5.88 Å². The van der Waals surface area contributed by atoms with E-state index in [0.29, 0.717) is 17.0 Å². The van der Waals surface area contributed by atoms with Crippen molar-refractivity contribution in [3.63, 3.8) is 0 Å². The van der Waals surface area contributed by atoms with Gasteiger partial charge in [-0.2, -0.15) is 5.10 Å². The van der Waals surface area contributed by atoms with Gasteiger partial charge in [0.05, 0.1) is 11.8 Å². The molecule has 2 N–H and O–H groups in total. The molecule has 0 fully saturated rings. The summed E-state index contributed by atoms with van der Waals surface area (Å²) in [5.74, 6) is 0.758. The Kier molecular flexibility index (Phi) is 1.62. The topological polar surface area (TPSA) is 83.0 Å². The van der Waals surface area contributed by atoms with Crippen molar-refractivity contribution in [2.24, 2.45) is 7.05 Å². The minimum Gasteiger partial charge on any atom is -0.443 e. The minimum absolute atomic E-state index is 0.246. The van der Waals surface area contributed by atoms with Gasteiger partial charge in [-0.25, -0.2) is 4.98 Å². The standard InChI is InChI=1S/C10H10N4O2/c1-5-6(3-12-14(5)2)10-13-7-4-15-9(11)8(7)16-10/h3-4H,11H2,1-2H3. The van der Waals surface area contributed by atoms with Gasteiger partial charge in [0.2, 0.25) is 17.4 Å². The van der Waals surface area contributed by atoms with Gasteiger partial charge in [0, 0.05) is 12.7 Å². The predicted molar refractivity (Wildman–Crippen MR) is 57.6 cm³/mol. The van der Waals surface area contributed by atoms with Crippen LogP contribution in [0.1, 0.15) is 5.69 Å². The Hall–Kier alpha value is -2.24. The molecule has 3 rings (SSSR count). The Bertz CT molecular complexity index is 662. The fourth-order valence-corrected chi connectivity index (χ4v) is 1.59. The van der Waals surface area contributed by atoms with Gasteiger partial charge in [0.1, 0.15) is 6.26 Å². The van der Waals surface area contributed by atoms with Crippen molar-refractivity contribution in [1.82, 2.24) is 14.8 Å². The number of rotatable bonds is 1. The fourth-order valence-electron chi connectivity index (χ4n) is 1.59. The van der Waals surface area contributed by atoms with Crippen molar-refractivity contribution in [3.05, 3.63) is 18.2 Å². The molecule has 6 heteroatoms. The molecular weight excluding hydrogens is 208 g/mol. The third kappa shape index (κ3) is 1.06. The summed E-state index contributed by atoms with van der Waals surface area (Å²) in [6.07, 6.45) is 3.19. The molecule has 82 valence electrons. The first-order valence-corrected chi connectivity index (χ1v) is 4.79. The van der Waals surface area contributed by atoms with E-state index in [0.717, 1.165) is 11.3 Å². The zero-order chi connectivity index (χ0) is 11.3. The molecule has 0 amide bonds. The van der Waals surface area contributed by atoms with E-state index in [2.05, 4.69) is 10.1 Å². The van der Waals surface area contributed by atoms with Crippen LogP contribution in [0.3, 0.4) is 0 Å². The average molecular weight is 218 g/mol. The summed E-state index contributed by atoms with van der Waals surface area (Å²) in [6, 6.07) is 0. The Balaban J connectivity index is 2.22. The van der Waals surface area contributed by atoms with Crippen LogP contribution in [-0.2, 0) is 7.05 Å². The van der Waals surface area contributed by atoms with E-state index in [1.54, 1.807) is 10.9 Å². The third-order valence-electron chi connectivity index (χ3n) is 2.64. The summed E-state index contributed by atoms with van der Waals surface area (Å²) < 4.78 is 12.3. The van der Waals surface area contributed by atoms with Crippen LogP contribution in [-0.4, -0.2) is 14.8 Å². The molecule has 0 aliphatic carbocycles. The number of aromatic nitrogens is 3. The summed E-state index contributed by atoms with van der Waals surface area (Å²) in [6.45, 7) is 1.95. The Morgan fingerprint density at radius 1 is 1.44 bits per heavy atom. The number of nitrogens with two attached hydrogens (primary N) is 1. The zero-order valence-electron chi connectivity index (χ0n) is 8.89. The number of furan rings is 1. The molecule has 16 heavy (non-hydrogen) atoms. The number of anilines is 1. The highest BCUT2D eigenvalue weighted by atomic mass is 16.4. The quantitative estimate of drug-likeness (QED) is 0.672. The van der Waals surface area contributed by atoms with Gasteiger partial charge in [-0.05, 0) is 6.92 Å². The number of nitrogens with zero attached hydrogens (tertiary/aromatic N) is 3. The summed E-state index contributed by atoms with van der Waals surface area (Å²) in [4.78, 5) is 4.28. The van der Waals surface area contributed by atoms with Crippen LogP contribution in [0.5, 0.6) is 0 Å². The molecule has 0 radical (unpaired) electrons. The van der Waals surface area contributed by atoms with E-state index in [-0.39, 0.29) is 5.88 Å². The lowest BCUT2D eigenvalue weighted by molar-refractivity contribution is 0.565. The molecule has 0 aliphatic rings. The van der Waals surface area contributed by atoms with Gasteiger partial charge in [0.15, 0.2) is 5.52 Å². The Morgan fingerprint density at radius 3 is 2.88 bits per heavy atom. The van der Waals surface area contributed by atoms with Gasteiger partial charge in [0.25, 0.3) is 0 Å². The maximum absolute atomic E-state index is 5.59. The van der Waals surface area contributed by atoms with Gasteiger partial charge < -0.3 is 14.6 Å². The molecule has 6 nitrogen and oxygen atoms in total. The largest absolute Gasteiger partial charge is 0.443 e. The first-order chi connectivity index (χ1) is 7.66. The smallest absolute Gasteiger partial charge is 0.236 e.